The summed E-state index contributed by atoms with van der Waals surface area (Å²) in [7, 11) is 0. The minimum Gasteiger partial charge on any atom is -0.341 e. The maximum Gasteiger partial charge on any atom is 0.114 e. The maximum absolute atomic E-state index is 5.79. The van der Waals surface area contributed by atoms with Gasteiger partial charge in [-0.1, -0.05) is 0 Å². The molecule has 0 aliphatic heterocycles. The van der Waals surface area contributed by atoms with Crippen molar-refractivity contribution in [3.8, 4) is 10.6 Å². The van der Waals surface area contributed by atoms with Gasteiger partial charge in [-0.15, -0.1) is 11.3 Å². The molecule has 84 valence electrons. The molecule has 0 amide bonds. The summed E-state index contributed by atoms with van der Waals surface area (Å²) in [6.45, 7) is 0.689. The molecule has 0 saturated heterocycles. The van der Waals surface area contributed by atoms with Crippen LogP contribution in [0, 0.1) is 0 Å². The lowest BCUT2D eigenvalue weighted by Crippen LogP contribution is -2.21. The second-order valence-electron chi connectivity index (χ2n) is 4.26. The molecule has 0 unspecified atom stereocenters. The molecule has 0 atom stereocenters. The lowest BCUT2D eigenvalue weighted by molar-refractivity contribution is 0.659. The Hall–Kier alpha value is -0.650. The number of halogens is 1. The van der Waals surface area contributed by atoms with E-state index in [1.807, 2.05) is 6.20 Å². The molecule has 0 spiro atoms. The number of imidazole rings is 1. The predicted octanol–water partition coefficient (Wildman–Crippen LogP) is 2.89. The smallest absolute Gasteiger partial charge is 0.114 e. The Bertz CT molecular complexity index is 513. The van der Waals surface area contributed by atoms with E-state index in [1.165, 1.54) is 4.88 Å². The Balaban J connectivity index is 1.94. The Morgan fingerprint density at radius 2 is 2.38 bits per heavy atom. The van der Waals surface area contributed by atoms with E-state index in [0.717, 1.165) is 28.8 Å². The zero-order valence-corrected chi connectivity index (χ0v) is 11.1. The summed E-state index contributed by atoms with van der Waals surface area (Å²) in [4.78, 5) is 9.06. The topological polar surface area (TPSA) is 54.7 Å². The highest BCUT2D eigenvalue weighted by Gasteiger charge is 2.45. The predicted molar refractivity (Wildman–Crippen MR) is 69.6 cm³/mol. The van der Waals surface area contributed by atoms with Crippen LogP contribution < -0.4 is 5.73 Å². The Kier molecular flexibility index (Phi) is 2.42. The van der Waals surface area contributed by atoms with Crippen molar-refractivity contribution in [3.05, 3.63) is 27.9 Å². The molecule has 1 aliphatic carbocycles. The summed E-state index contributed by atoms with van der Waals surface area (Å²) in [5.74, 6) is 1.05. The third-order valence-electron chi connectivity index (χ3n) is 3.16. The van der Waals surface area contributed by atoms with Crippen LogP contribution in [0.1, 0.15) is 18.7 Å². The lowest BCUT2D eigenvalue weighted by Gasteiger charge is -2.07. The number of hydrogen-bond donors (Lipinski definition) is 2. The van der Waals surface area contributed by atoms with Gasteiger partial charge in [0.15, 0.2) is 0 Å². The van der Waals surface area contributed by atoms with Crippen molar-refractivity contribution in [1.29, 1.82) is 0 Å². The van der Waals surface area contributed by atoms with Crippen molar-refractivity contribution in [1.82, 2.24) is 9.97 Å². The van der Waals surface area contributed by atoms with E-state index in [4.69, 9.17) is 5.73 Å². The number of rotatable bonds is 3. The average molecular weight is 298 g/mol. The van der Waals surface area contributed by atoms with E-state index in [0.29, 0.717) is 6.54 Å². The van der Waals surface area contributed by atoms with Crippen molar-refractivity contribution in [3.63, 3.8) is 0 Å². The highest BCUT2D eigenvalue weighted by molar-refractivity contribution is 9.10. The molecular formula is C11H12BrN3S. The van der Waals surface area contributed by atoms with Gasteiger partial charge in [-0.2, -0.15) is 0 Å². The highest BCUT2D eigenvalue weighted by atomic mass is 79.9. The van der Waals surface area contributed by atoms with Gasteiger partial charge < -0.3 is 10.7 Å². The van der Waals surface area contributed by atoms with E-state index in [1.54, 1.807) is 11.3 Å². The van der Waals surface area contributed by atoms with Crippen LogP contribution in [-0.4, -0.2) is 16.5 Å². The quantitative estimate of drug-likeness (QED) is 0.915. The average Bonchev–Trinajstić information content (AvgIpc) is 2.74. The van der Waals surface area contributed by atoms with Gasteiger partial charge in [0.05, 0.1) is 16.8 Å². The monoisotopic (exact) mass is 297 g/mol. The number of thiophene rings is 1. The van der Waals surface area contributed by atoms with Gasteiger partial charge in [-0.3, -0.25) is 0 Å². The van der Waals surface area contributed by atoms with Crippen LogP contribution in [0.15, 0.2) is 22.1 Å². The van der Waals surface area contributed by atoms with E-state index < -0.39 is 0 Å². The van der Waals surface area contributed by atoms with Crippen molar-refractivity contribution >= 4 is 27.3 Å². The summed E-state index contributed by atoms with van der Waals surface area (Å²) < 4.78 is 1.11. The Labute approximate surface area is 106 Å². The Morgan fingerprint density at radius 3 is 2.94 bits per heavy atom. The van der Waals surface area contributed by atoms with Crippen molar-refractivity contribution in [2.75, 3.05) is 6.54 Å². The third kappa shape index (κ3) is 1.63. The first-order valence-electron chi connectivity index (χ1n) is 5.23. The fraction of sp³-hybridized carbons (Fsp3) is 0.364. The van der Waals surface area contributed by atoms with Crippen molar-refractivity contribution in [2.24, 2.45) is 5.73 Å². The molecule has 3 N–H and O–H groups in total. The summed E-state index contributed by atoms with van der Waals surface area (Å²) >= 11 is 5.16. The molecule has 1 aliphatic rings. The van der Waals surface area contributed by atoms with Gasteiger partial charge >= 0.3 is 0 Å². The minimum absolute atomic E-state index is 0.146. The summed E-state index contributed by atoms with van der Waals surface area (Å²) in [5, 5.41) is 2.08. The molecule has 0 bridgehead atoms. The summed E-state index contributed by atoms with van der Waals surface area (Å²) in [6, 6.07) is 2.10. The second kappa shape index (κ2) is 3.68. The van der Waals surface area contributed by atoms with Crippen LogP contribution in [0.3, 0.4) is 0 Å². The van der Waals surface area contributed by atoms with Gasteiger partial charge in [0.1, 0.15) is 5.82 Å². The number of aromatic nitrogens is 2. The molecule has 2 aromatic rings. The number of nitrogens with two attached hydrogens (primary N) is 1. The number of aromatic amines is 1. The fourth-order valence-corrected chi connectivity index (χ4v) is 3.25. The van der Waals surface area contributed by atoms with Crippen LogP contribution in [0.4, 0.5) is 0 Å². The molecular weight excluding hydrogens is 286 g/mol. The number of hydrogen-bond acceptors (Lipinski definition) is 3. The molecule has 16 heavy (non-hydrogen) atoms. The summed E-state index contributed by atoms with van der Waals surface area (Å²) in [6.07, 6.45) is 4.22. The standard InChI is InChI=1S/C11H12BrN3S/c12-7-3-9(16-5-7)8-4-14-10(15-8)11(6-13)1-2-11/h3-5H,1-2,6,13H2,(H,14,15). The minimum atomic E-state index is 0.146. The van der Waals surface area contributed by atoms with Crippen LogP contribution in [0.5, 0.6) is 0 Å². The molecule has 1 fully saturated rings. The van der Waals surface area contributed by atoms with Crippen molar-refractivity contribution in [2.45, 2.75) is 18.3 Å². The SMILES string of the molecule is NCC1(c2ncc(-c3cc(Br)cs3)[nH]2)CC1. The lowest BCUT2D eigenvalue weighted by atomic mass is 10.1. The van der Waals surface area contributed by atoms with Crippen LogP contribution >= 0.6 is 27.3 Å². The van der Waals surface area contributed by atoms with Crippen molar-refractivity contribution < 1.29 is 0 Å². The van der Waals surface area contributed by atoms with E-state index in [9.17, 15) is 0 Å². The second-order valence-corrected chi connectivity index (χ2v) is 6.09. The first-order valence-corrected chi connectivity index (χ1v) is 6.91. The van der Waals surface area contributed by atoms with Crippen LogP contribution in [-0.2, 0) is 5.41 Å². The van der Waals surface area contributed by atoms with Gasteiger partial charge in [-0.25, -0.2) is 4.98 Å². The van der Waals surface area contributed by atoms with E-state index >= 15 is 0 Å². The molecule has 3 nitrogen and oxygen atoms in total. The zero-order chi connectivity index (χ0) is 11.2. The summed E-state index contributed by atoms with van der Waals surface area (Å²) in [5.41, 5.74) is 7.02. The number of nitrogens with zero attached hydrogens (tertiary/aromatic N) is 1. The van der Waals surface area contributed by atoms with E-state index in [2.05, 4.69) is 37.3 Å². The number of H-pyrrole nitrogens is 1. The molecule has 1 saturated carbocycles. The number of nitrogens with one attached hydrogen (secondary N) is 1. The normalized spacial score (nSPS) is 17.6. The van der Waals surface area contributed by atoms with Crippen LogP contribution in [0.25, 0.3) is 10.6 Å². The Morgan fingerprint density at radius 1 is 1.56 bits per heavy atom. The van der Waals surface area contributed by atoms with Gasteiger partial charge in [0, 0.05) is 21.8 Å². The highest BCUT2D eigenvalue weighted by Crippen LogP contribution is 2.46. The maximum atomic E-state index is 5.79. The largest absolute Gasteiger partial charge is 0.341 e. The molecule has 3 rings (SSSR count). The first kappa shape index (κ1) is 10.5. The molecule has 2 aromatic heterocycles. The molecule has 0 radical (unpaired) electrons. The van der Waals surface area contributed by atoms with Gasteiger partial charge in [0.25, 0.3) is 0 Å². The fourth-order valence-electron chi connectivity index (χ4n) is 1.86. The zero-order valence-electron chi connectivity index (χ0n) is 8.66. The van der Waals surface area contributed by atoms with E-state index in [-0.39, 0.29) is 5.41 Å². The first-order chi connectivity index (χ1) is 7.73. The molecule has 5 heteroatoms. The molecule has 2 heterocycles. The van der Waals surface area contributed by atoms with Gasteiger partial charge in [-0.05, 0) is 34.8 Å². The third-order valence-corrected chi connectivity index (χ3v) is 4.88. The van der Waals surface area contributed by atoms with Gasteiger partial charge in [0.2, 0.25) is 0 Å². The van der Waals surface area contributed by atoms with Crippen LogP contribution in [0.2, 0.25) is 0 Å². The molecule has 0 aromatic carbocycles.